The summed E-state index contributed by atoms with van der Waals surface area (Å²) in [5, 5.41) is 12.8. The van der Waals surface area contributed by atoms with E-state index < -0.39 is 21.7 Å². The summed E-state index contributed by atoms with van der Waals surface area (Å²) in [4.78, 5) is 0. The van der Waals surface area contributed by atoms with Crippen LogP contribution in [0.1, 0.15) is 11.1 Å². The zero-order valence-electron chi connectivity index (χ0n) is 13.4. The molecule has 2 rings (SSSR count). The Labute approximate surface area is 175 Å². The molecule has 0 heterocycles. The number of hydrogen-bond donors (Lipinski definition) is 0. The Kier molecular flexibility index (Phi) is 8.30. The zero-order chi connectivity index (χ0) is 17.7. The number of methoxy groups -OCH3 is 1. The van der Waals surface area contributed by atoms with E-state index in [1.54, 1.807) is 24.3 Å². The molecule has 2 aromatic rings. The summed E-state index contributed by atoms with van der Waals surface area (Å²) in [7, 11) is -2.64. The first kappa shape index (κ1) is 21.9. The number of nitrogens with zero attached hydrogens (tertiary/aromatic N) is 1. The van der Waals surface area contributed by atoms with Crippen LogP contribution >= 0.6 is 15.9 Å². The van der Waals surface area contributed by atoms with Crippen molar-refractivity contribution in [1.82, 2.24) is 0 Å². The number of sulfonamides is 1. The van der Waals surface area contributed by atoms with Crippen LogP contribution in [0.2, 0.25) is 0 Å². The van der Waals surface area contributed by atoms with Crippen molar-refractivity contribution >= 4 is 37.9 Å². The first-order chi connectivity index (χ1) is 11.3. The minimum atomic E-state index is -4.13. The fourth-order valence-corrected chi connectivity index (χ4v) is 3.01. The van der Waals surface area contributed by atoms with Crippen molar-refractivity contribution in [2.75, 3.05) is 7.11 Å². The number of halogens is 2. The van der Waals surface area contributed by atoms with Gasteiger partial charge < -0.3 is 9.84 Å². The summed E-state index contributed by atoms with van der Waals surface area (Å²) in [6.45, 7) is 0. The van der Waals surface area contributed by atoms with Gasteiger partial charge in [-0.1, -0.05) is 28.1 Å². The van der Waals surface area contributed by atoms with Gasteiger partial charge in [-0.25, -0.2) is 4.39 Å². The van der Waals surface area contributed by atoms with Gasteiger partial charge in [0, 0.05) is 15.9 Å². The van der Waals surface area contributed by atoms with Gasteiger partial charge in [0.25, 0.3) is 10.0 Å². The molecule has 0 aliphatic rings. The van der Waals surface area contributed by atoms with Gasteiger partial charge >= 0.3 is 29.6 Å². The summed E-state index contributed by atoms with van der Waals surface area (Å²) in [6.07, 6.45) is 1.30. The van der Waals surface area contributed by atoms with Crippen LogP contribution in [0.15, 0.2) is 56.7 Å². The van der Waals surface area contributed by atoms with Crippen molar-refractivity contribution in [1.29, 1.82) is 0 Å². The fraction of sp³-hybridized carbons (Fsp3) is 0.0625. The predicted octanol–water partition coefficient (Wildman–Crippen LogP) is -0.292. The fourth-order valence-electron chi connectivity index (χ4n) is 1.77. The van der Waals surface area contributed by atoms with Gasteiger partial charge in [-0.2, -0.15) is 12.8 Å². The molecule has 5 nitrogen and oxygen atoms in total. The van der Waals surface area contributed by atoms with E-state index in [2.05, 4.69) is 20.3 Å². The van der Waals surface area contributed by atoms with Crippen LogP contribution in [0, 0.1) is 5.82 Å². The summed E-state index contributed by atoms with van der Waals surface area (Å²) >= 11 is 3.00. The molecule has 0 aliphatic carbocycles. The van der Waals surface area contributed by atoms with Crippen LogP contribution in [0.25, 0.3) is 6.08 Å². The first-order valence-corrected chi connectivity index (χ1v) is 8.90. The Morgan fingerprint density at radius 3 is 2.64 bits per heavy atom. The van der Waals surface area contributed by atoms with Gasteiger partial charge in [-0.3, -0.25) is 0 Å². The summed E-state index contributed by atoms with van der Waals surface area (Å²) < 4.78 is 45.2. The van der Waals surface area contributed by atoms with Crippen molar-refractivity contribution in [3.8, 4) is 5.75 Å². The topological polar surface area (TPSA) is 78.8 Å². The maximum atomic E-state index is 13.0. The van der Waals surface area contributed by atoms with Gasteiger partial charge in [-0.15, -0.1) is 0 Å². The van der Waals surface area contributed by atoms with E-state index >= 15 is 0 Å². The van der Waals surface area contributed by atoms with Gasteiger partial charge in [-0.05, 0) is 42.0 Å². The smallest absolute Gasteiger partial charge is 0.858 e. The molecule has 0 saturated carbocycles. The van der Waals surface area contributed by atoms with E-state index in [0.29, 0.717) is 11.3 Å². The molecule has 0 saturated heterocycles. The largest absolute Gasteiger partial charge is 1.00 e. The van der Waals surface area contributed by atoms with E-state index in [4.69, 9.17) is 4.74 Å². The van der Waals surface area contributed by atoms with Gasteiger partial charge in [0.1, 0.15) is 11.6 Å². The van der Waals surface area contributed by atoms with Crippen LogP contribution in [0.5, 0.6) is 5.75 Å². The molecule has 0 radical (unpaired) electrons. The molecule has 2 aromatic carbocycles. The van der Waals surface area contributed by atoms with Crippen LogP contribution in [-0.4, -0.2) is 21.4 Å². The molecule has 0 fully saturated rings. The monoisotopic (exact) mass is 435 g/mol. The average molecular weight is 436 g/mol. The van der Waals surface area contributed by atoms with E-state index in [1.807, 2.05) is 0 Å². The SMILES string of the molecule is COc1cccc(/C=C/S(=O)(=O)/N=C(\[O-])c2ccc(F)cc2Br)c1.[Na+]. The first-order valence-electron chi connectivity index (χ1n) is 6.60. The van der Waals surface area contributed by atoms with Crippen LogP contribution in [0.4, 0.5) is 4.39 Å². The third-order valence-corrected chi connectivity index (χ3v) is 4.45. The molecule has 0 unspecified atom stereocenters. The van der Waals surface area contributed by atoms with Crippen molar-refractivity contribution in [3.63, 3.8) is 0 Å². The van der Waals surface area contributed by atoms with Crippen LogP contribution < -0.4 is 39.4 Å². The minimum absolute atomic E-state index is 0. The van der Waals surface area contributed by atoms with Crippen molar-refractivity contribution < 1.29 is 52.2 Å². The molecule has 0 bridgehead atoms. The van der Waals surface area contributed by atoms with Crippen molar-refractivity contribution in [2.45, 2.75) is 0 Å². The van der Waals surface area contributed by atoms with Gasteiger partial charge in [0.2, 0.25) is 0 Å². The Hall–Kier alpha value is -1.19. The second kappa shape index (κ2) is 9.49. The van der Waals surface area contributed by atoms with Crippen LogP contribution in [-0.2, 0) is 10.0 Å². The molecule has 126 valence electrons. The number of hydrogen-bond acceptors (Lipinski definition) is 4. The second-order valence-electron chi connectivity index (χ2n) is 4.61. The second-order valence-corrected chi connectivity index (χ2v) is 6.95. The van der Waals surface area contributed by atoms with E-state index in [1.165, 1.54) is 13.2 Å². The quantitative estimate of drug-likeness (QED) is 0.367. The average Bonchev–Trinajstić information content (AvgIpc) is 2.52. The number of ether oxygens (including phenoxy) is 1. The normalized spacial score (nSPS) is 12.0. The Bertz CT molecular complexity index is 916. The Morgan fingerprint density at radius 2 is 2.00 bits per heavy atom. The van der Waals surface area contributed by atoms with E-state index in [0.717, 1.165) is 23.6 Å². The summed E-state index contributed by atoms with van der Waals surface area (Å²) in [6, 6.07) is 9.98. The Balaban J connectivity index is 0.00000312. The maximum absolute atomic E-state index is 13.0. The van der Waals surface area contributed by atoms with Crippen molar-refractivity contribution in [2.24, 2.45) is 4.40 Å². The molecule has 0 amide bonds. The summed E-state index contributed by atoms with van der Waals surface area (Å²) in [5.41, 5.74) is 0.526. The molecular weight excluding hydrogens is 424 g/mol. The molecule has 25 heavy (non-hydrogen) atoms. The third kappa shape index (κ3) is 6.56. The molecule has 0 aromatic heterocycles. The molecule has 0 atom stereocenters. The van der Waals surface area contributed by atoms with Gasteiger partial charge in [0.15, 0.2) is 0 Å². The van der Waals surface area contributed by atoms with Crippen LogP contribution in [0.3, 0.4) is 0 Å². The summed E-state index contributed by atoms with van der Waals surface area (Å²) in [5.74, 6) is -0.978. The zero-order valence-corrected chi connectivity index (χ0v) is 17.8. The molecule has 9 heteroatoms. The molecule has 0 aliphatic heterocycles. The molecule has 0 N–H and O–H groups in total. The van der Waals surface area contributed by atoms with Gasteiger partial charge in [0.05, 0.1) is 12.5 Å². The number of benzene rings is 2. The minimum Gasteiger partial charge on any atom is -0.858 e. The standard InChI is InChI=1S/C16H13BrFNO4S.Na/c1-23-13-4-2-3-11(9-13)7-8-24(21,22)19-16(20)14-6-5-12(18)10-15(14)17;/h2-10H,1H3,(H,19,20);/q;+1/p-1/b8-7+;. The van der Waals surface area contributed by atoms with Crippen molar-refractivity contribution in [3.05, 3.63) is 69.3 Å². The Morgan fingerprint density at radius 1 is 1.28 bits per heavy atom. The molecular formula is C16H12BrFNNaO4S. The van der Waals surface area contributed by atoms with E-state index in [-0.39, 0.29) is 39.6 Å². The molecule has 0 spiro atoms. The number of rotatable bonds is 5. The van der Waals surface area contributed by atoms with E-state index in [9.17, 15) is 17.9 Å². The maximum Gasteiger partial charge on any atom is 1.00 e. The third-order valence-electron chi connectivity index (χ3n) is 2.90. The predicted molar refractivity (Wildman–Crippen MR) is 91.6 cm³/mol.